The number of aromatic amines is 1. The fourth-order valence-corrected chi connectivity index (χ4v) is 3.91. The number of nitrogens with one attached hydrogen (secondary N) is 2. The van der Waals surface area contributed by atoms with Gasteiger partial charge in [-0.05, 0) is 48.0 Å². The van der Waals surface area contributed by atoms with Crippen molar-refractivity contribution in [3.8, 4) is 17.3 Å². The van der Waals surface area contributed by atoms with Crippen molar-refractivity contribution in [3.63, 3.8) is 0 Å². The van der Waals surface area contributed by atoms with E-state index in [4.69, 9.17) is 9.72 Å². The molecule has 0 unspecified atom stereocenters. The van der Waals surface area contributed by atoms with Crippen molar-refractivity contribution in [1.29, 1.82) is 0 Å². The lowest BCUT2D eigenvalue weighted by atomic mass is 10.2. The maximum Gasteiger partial charge on any atom is 0.251 e. The zero-order chi connectivity index (χ0) is 21.4. The number of imidazole rings is 1. The normalized spacial score (nSPS) is 11.2. The molecule has 5 rings (SSSR count). The first-order valence-corrected chi connectivity index (χ1v) is 10.1. The lowest BCUT2D eigenvalue weighted by Crippen LogP contribution is -2.17. The Kier molecular flexibility index (Phi) is 4.67. The number of carbonyl (C=O) groups excluding carboxylic acids is 1. The van der Waals surface area contributed by atoms with E-state index in [1.54, 1.807) is 14.2 Å². The van der Waals surface area contributed by atoms with E-state index < -0.39 is 0 Å². The molecule has 1 amide bonds. The number of ether oxygens (including phenoxy) is 1. The topological polar surface area (TPSA) is 71.9 Å². The lowest BCUT2D eigenvalue weighted by Gasteiger charge is -2.09. The van der Waals surface area contributed by atoms with Crippen LogP contribution >= 0.6 is 0 Å². The molecule has 2 N–H and O–H groups in total. The van der Waals surface area contributed by atoms with Crippen LogP contribution in [0.1, 0.15) is 15.9 Å². The Bertz CT molecular complexity index is 1400. The van der Waals surface area contributed by atoms with Crippen LogP contribution in [0.25, 0.3) is 33.5 Å². The maximum absolute atomic E-state index is 12.1. The van der Waals surface area contributed by atoms with Gasteiger partial charge in [-0.25, -0.2) is 4.98 Å². The first-order valence-electron chi connectivity index (χ1n) is 10.1. The Morgan fingerprint density at radius 2 is 1.90 bits per heavy atom. The largest absolute Gasteiger partial charge is 0.497 e. The number of aromatic nitrogens is 3. The third-order valence-corrected chi connectivity index (χ3v) is 5.49. The van der Waals surface area contributed by atoms with E-state index in [2.05, 4.69) is 33.1 Å². The molecule has 6 nitrogen and oxygen atoms in total. The van der Waals surface area contributed by atoms with Crippen molar-refractivity contribution >= 4 is 27.8 Å². The number of carbonyl (C=O) groups is 1. The van der Waals surface area contributed by atoms with Crippen LogP contribution in [-0.2, 0) is 6.54 Å². The quantitative estimate of drug-likeness (QED) is 0.445. The van der Waals surface area contributed by atoms with E-state index >= 15 is 0 Å². The van der Waals surface area contributed by atoms with E-state index in [0.717, 1.165) is 39.2 Å². The number of nitrogens with zero attached hydrogens (tertiary/aromatic N) is 2. The standard InChI is InChI=1S/C25H22N4O2/c1-26-25(30)17-8-11-23-21(13-17)28-24(29(23)15-16-6-4-3-5-7-16)22-14-18-12-19(31-2)9-10-20(18)27-22/h3-14,27H,15H2,1-2H3,(H,26,30). The van der Waals surface area contributed by atoms with E-state index in [0.29, 0.717) is 12.1 Å². The van der Waals surface area contributed by atoms with Crippen LogP contribution in [0.3, 0.4) is 0 Å². The van der Waals surface area contributed by atoms with Crippen LogP contribution in [0.2, 0.25) is 0 Å². The molecule has 154 valence electrons. The molecule has 0 aliphatic heterocycles. The van der Waals surface area contributed by atoms with Crippen LogP contribution in [0, 0.1) is 0 Å². The van der Waals surface area contributed by atoms with Crippen LogP contribution in [0.5, 0.6) is 5.75 Å². The predicted octanol–water partition coefficient (Wildman–Crippen LogP) is 4.60. The fraction of sp³-hybridized carbons (Fsp3) is 0.120. The van der Waals surface area contributed by atoms with Gasteiger partial charge in [0.05, 0.1) is 23.8 Å². The molecule has 2 heterocycles. The summed E-state index contributed by atoms with van der Waals surface area (Å²) < 4.78 is 7.54. The summed E-state index contributed by atoms with van der Waals surface area (Å²) >= 11 is 0. The average Bonchev–Trinajstić information content (AvgIpc) is 3.39. The van der Waals surface area contributed by atoms with Crippen molar-refractivity contribution in [2.24, 2.45) is 0 Å². The summed E-state index contributed by atoms with van der Waals surface area (Å²) in [6.07, 6.45) is 0. The molecule has 5 aromatic rings. The molecule has 0 radical (unpaired) electrons. The minimum absolute atomic E-state index is 0.126. The molecular weight excluding hydrogens is 388 g/mol. The molecule has 0 saturated heterocycles. The summed E-state index contributed by atoms with van der Waals surface area (Å²) in [4.78, 5) is 20.5. The fourth-order valence-electron chi connectivity index (χ4n) is 3.91. The highest BCUT2D eigenvalue weighted by atomic mass is 16.5. The third-order valence-electron chi connectivity index (χ3n) is 5.49. The van der Waals surface area contributed by atoms with E-state index in [-0.39, 0.29) is 5.91 Å². The van der Waals surface area contributed by atoms with Gasteiger partial charge in [0, 0.05) is 30.1 Å². The Morgan fingerprint density at radius 3 is 2.68 bits per heavy atom. The van der Waals surface area contributed by atoms with Gasteiger partial charge in [0.15, 0.2) is 5.82 Å². The van der Waals surface area contributed by atoms with Gasteiger partial charge in [0.25, 0.3) is 5.91 Å². The van der Waals surface area contributed by atoms with Gasteiger partial charge in [0.1, 0.15) is 5.75 Å². The number of H-pyrrole nitrogens is 1. The van der Waals surface area contributed by atoms with Crippen molar-refractivity contribution < 1.29 is 9.53 Å². The SMILES string of the molecule is CNC(=O)c1ccc2c(c1)nc(-c1cc3cc(OC)ccc3[nH]1)n2Cc1ccccc1. The zero-order valence-electron chi connectivity index (χ0n) is 17.3. The first kappa shape index (κ1) is 18.9. The molecule has 0 aliphatic carbocycles. The van der Waals surface area contributed by atoms with Crippen LogP contribution in [-0.4, -0.2) is 34.6 Å². The predicted molar refractivity (Wildman–Crippen MR) is 123 cm³/mol. The monoisotopic (exact) mass is 410 g/mol. The summed E-state index contributed by atoms with van der Waals surface area (Å²) in [5.74, 6) is 1.51. The van der Waals surface area contributed by atoms with Gasteiger partial charge >= 0.3 is 0 Å². The van der Waals surface area contributed by atoms with Gasteiger partial charge in [-0.3, -0.25) is 4.79 Å². The van der Waals surface area contributed by atoms with Crippen molar-refractivity contribution in [2.45, 2.75) is 6.54 Å². The van der Waals surface area contributed by atoms with E-state index in [9.17, 15) is 4.79 Å². The van der Waals surface area contributed by atoms with Gasteiger partial charge in [-0.15, -0.1) is 0 Å². The molecule has 0 atom stereocenters. The lowest BCUT2D eigenvalue weighted by molar-refractivity contribution is 0.0963. The minimum Gasteiger partial charge on any atom is -0.497 e. The molecule has 0 fully saturated rings. The molecular formula is C25H22N4O2. The van der Waals surface area contributed by atoms with Crippen LogP contribution in [0.15, 0.2) is 72.8 Å². The molecule has 0 aliphatic rings. The molecule has 31 heavy (non-hydrogen) atoms. The molecule has 0 bridgehead atoms. The minimum atomic E-state index is -0.126. The highest BCUT2D eigenvalue weighted by Gasteiger charge is 2.17. The van der Waals surface area contributed by atoms with Crippen molar-refractivity contribution in [1.82, 2.24) is 19.9 Å². The maximum atomic E-state index is 12.1. The summed E-state index contributed by atoms with van der Waals surface area (Å²) in [6, 6.07) is 24.0. The van der Waals surface area contributed by atoms with Gasteiger partial charge in [0.2, 0.25) is 0 Å². The highest BCUT2D eigenvalue weighted by molar-refractivity contribution is 5.98. The van der Waals surface area contributed by atoms with Crippen molar-refractivity contribution in [3.05, 3.63) is 83.9 Å². The number of amides is 1. The second-order valence-electron chi connectivity index (χ2n) is 7.43. The number of hydrogen-bond donors (Lipinski definition) is 2. The molecule has 3 aromatic carbocycles. The smallest absolute Gasteiger partial charge is 0.251 e. The molecule has 2 aromatic heterocycles. The Hall–Kier alpha value is -4.06. The van der Waals surface area contributed by atoms with Crippen molar-refractivity contribution in [2.75, 3.05) is 14.2 Å². The second-order valence-corrected chi connectivity index (χ2v) is 7.43. The average molecular weight is 410 g/mol. The van der Waals surface area contributed by atoms with Crippen LogP contribution in [0.4, 0.5) is 0 Å². The van der Waals surface area contributed by atoms with Crippen LogP contribution < -0.4 is 10.1 Å². The summed E-state index contributed by atoms with van der Waals surface area (Å²) in [7, 11) is 3.29. The van der Waals surface area contributed by atoms with E-state index in [1.807, 2.05) is 54.6 Å². The van der Waals surface area contributed by atoms with Gasteiger partial charge in [-0.1, -0.05) is 30.3 Å². The summed E-state index contributed by atoms with van der Waals surface area (Å²) in [5.41, 5.74) is 5.45. The highest BCUT2D eigenvalue weighted by Crippen LogP contribution is 2.30. The molecule has 6 heteroatoms. The number of rotatable bonds is 5. The second kappa shape index (κ2) is 7.65. The molecule has 0 spiro atoms. The third kappa shape index (κ3) is 3.42. The Balaban J connectivity index is 1.69. The van der Waals surface area contributed by atoms with E-state index in [1.165, 1.54) is 5.56 Å². The number of benzene rings is 3. The Morgan fingerprint density at radius 1 is 1.06 bits per heavy atom. The number of methoxy groups -OCH3 is 1. The summed E-state index contributed by atoms with van der Waals surface area (Å²) in [6.45, 7) is 0.671. The summed E-state index contributed by atoms with van der Waals surface area (Å²) in [5, 5.41) is 3.73. The molecule has 0 saturated carbocycles. The van der Waals surface area contributed by atoms with Gasteiger partial charge in [-0.2, -0.15) is 0 Å². The van der Waals surface area contributed by atoms with Gasteiger partial charge < -0.3 is 19.6 Å². The first-order chi connectivity index (χ1) is 15.2. The zero-order valence-corrected chi connectivity index (χ0v) is 17.3. The Labute approximate surface area is 179 Å². The number of hydrogen-bond acceptors (Lipinski definition) is 3. The number of fused-ring (bicyclic) bond motifs is 2.